The molecule has 1 N–H and O–H groups in total. The molecule has 2 amide bonds. The zero-order valence-corrected chi connectivity index (χ0v) is 19.9. The van der Waals surface area contributed by atoms with Gasteiger partial charge in [-0.25, -0.2) is 0 Å². The van der Waals surface area contributed by atoms with Gasteiger partial charge in [0.1, 0.15) is 17.6 Å². The lowest BCUT2D eigenvalue weighted by molar-refractivity contribution is -0.155. The standard InChI is InChI=1S/C25H36N2O6/c1-24(2,3)27-14-10-12-25-19(18-17(33-25)11-6-4-9-16-32-23(18)31)21(29)26(20(25)22(27)30)13-7-5-8-15-28/h6,10-12,17-20,28H,4-5,7-9,13-16H2,1-3H3/b11-6-/t17-,18+,19+,20?,25+/m1/s1. The largest absolute Gasteiger partial charge is 0.465 e. The number of allylic oxidation sites excluding steroid dienone is 1. The number of likely N-dealkylation sites (tertiary alicyclic amines) is 1. The Labute approximate surface area is 195 Å². The van der Waals surface area contributed by atoms with Gasteiger partial charge in [-0.2, -0.15) is 0 Å². The first-order chi connectivity index (χ1) is 15.7. The zero-order valence-electron chi connectivity index (χ0n) is 19.9. The minimum absolute atomic E-state index is 0.0917. The van der Waals surface area contributed by atoms with Crippen LogP contribution in [0.2, 0.25) is 0 Å². The van der Waals surface area contributed by atoms with Crippen LogP contribution in [-0.2, 0) is 23.9 Å². The lowest BCUT2D eigenvalue weighted by Crippen LogP contribution is -2.58. The molecule has 8 nitrogen and oxygen atoms in total. The van der Waals surface area contributed by atoms with E-state index in [4.69, 9.17) is 14.6 Å². The van der Waals surface area contributed by atoms with Crippen molar-refractivity contribution in [2.75, 3.05) is 26.3 Å². The van der Waals surface area contributed by atoms with Crippen LogP contribution in [0.25, 0.3) is 0 Å². The number of nitrogens with zero attached hydrogens (tertiary/aromatic N) is 2. The molecule has 5 atom stereocenters. The third-order valence-electron chi connectivity index (χ3n) is 7.22. The molecule has 0 aromatic heterocycles. The average Bonchev–Trinajstić information content (AvgIpc) is 3.15. The molecular weight excluding hydrogens is 424 g/mol. The van der Waals surface area contributed by atoms with Crippen LogP contribution in [0, 0.1) is 11.8 Å². The Balaban J connectivity index is 1.77. The summed E-state index contributed by atoms with van der Waals surface area (Å²) >= 11 is 0. The van der Waals surface area contributed by atoms with Crippen molar-refractivity contribution in [3.05, 3.63) is 24.3 Å². The lowest BCUT2D eigenvalue weighted by atomic mass is 9.78. The van der Waals surface area contributed by atoms with Gasteiger partial charge >= 0.3 is 5.97 Å². The van der Waals surface area contributed by atoms with Crippen LogP contribution in [0.5, 0.6) is 0 Å². The summed E-state index contributed by atoms with van der Waals surface area (Å²) in [6, 6.07) is -0.834. The van der Waals surface area contributed by atoms with E-state index in [0.717, 1.165) is 19.3 Å². The number of cyclic esters (lactones) is 1. The molecule has 4 aliphatic heterocycles. The molecular formula is C25H36N2O6. The third kappa shape index (κ3) is 4.12. The number of aliphatic hydroxyl groups is 1. The van der Waals surface area contributed by atoms with E-state index in [2.05, 4.69) is 0 Å². The molecule has 2 fully saturated rings. The molecule has 0 aromatic carbocycles. The van der Waals surface area contributed by atoms with Crippen LogP contribution < -0.4 is 0 Å². The fourth-order valence-corrected chi connectivity index (χ4v) is 5.67. The van der Waals surface area contributed by atoms with Gasteiger partial charge in [0.25, 0.3) is 0 Å². The Kier molecular flexibility index (Phi) is 6.69. The first-order valence-corrected chi connectivity index (χ1v) is 12.1. The number of hydrogen-bond acceptors (Lipinski definition) is 6. The fourth-order valence-electron chi connectivity index (χ4n) is 5.67. The third-order valence-corrected chi connectivity index (χ3v) is 7.22. The molecule has 0 bridgehead atoms. The first kappa shape index (κ1) is 24.0. The lowest BCUT2D eigenvalue weighted by Gasteiger charge is -2.40. The van der Waals surface area contributed by atoms with Crippen molar-refractivity contribution in [2.24, 2.45) is 11.8 Å². The van der Waals surface area contributed by atoms with Crippen molar-refractivity contribution in [1.29, 1.82) is 0 Å². The van der Waals surface area contributed by atoms with Gasteiger partial charge in [-0.1, -0.05) is 24.3 Å². The summed E-state index contributed by atoms with van der Waals surface area (Å²) in [5.41, 5.74) is -1.64. The normalized spacial score (nSPS) is 35.2. The highest BCUT2D eigenvalue weighted by molar-refractivity contribution is 5.99. The molecule has 4 rings (SSSR count). The van der Waals surface area contributed by atoms with Gasteiger partial charge in [0, 0.05) is 25.2 Å². The number of unbranched alkanes of at least 4 members (excludes halogenated alkanes) is 2. The van der Waals surface area contributed by atoms with Crippen molar-refractivity contribution in [3.8, 4) is 0 Å². The maximum atomic E-state index is 14.0. The summed E-state index contributed by atoms with van der Waals surface area (Å²) in [6.07, 6.45) is 10.5. The van der Waals surface area contributed by atoms with Crippen LogP contribution in [0.3, 0.4) is 0 Å². The second kappa shape index (κ2) is 9.22. The first-order valence-electron chi connectivity index (χ1n) is 12.1. The summed E-state index contributed by atoms with van der Waals surface area (Å²) in [7, 11) is 0. The number of hydrogen-bond donors (Lipinski definition) is 1. The summed E-state index contributed by atoms with van der Waals surface area (Å²) in [4.78, 5) is 44.3. The van der Waals surface area contributed by atoms with Gasteiger partial charge in [-0.15, -0.1) is 0 Å². The molecule has 0 saturated carbocycles. The number of aliphatic hydroxyl groups excluding tert-OH is 1. The molecule has 4 aliphatic rings. The van der Waals surface area contributed by atoms with Crippen molar-refractivity contribution < 1.29 is 29.0 Å². The Morgan fingerprint density at radius 3 is 2.64 bits per heavy atom. The minimum Gasteiger partial charge on any atom is -0.465 e. The predicted molar refractivity (Wildman–Crippen MR) is 121 cm³/mol. The Morgan fingerprint density at radius 2 is 1.91 bits per heavy atom. The highest BCUT2D eigenvalue weighted by Crippen LogP contribution is 2.53. The van der Waals surface area contributed by atoms with E-state index in [1.807, 2.05) is 45.1 Å². The van der Waals surface area contributed by atoms with E-state index < -0.39 is 41.1 Å². The molecule has 33 heavy (non-hydrogen) atoms. The summed E-state index contributed by atoms with van der Waals surface area (Å²) in [5, 5.41) is 9.13. The molecule has 1 spiro atoms. The van der Waals surface area contributed by atoms with E-state index >= 15 is 0 Å². The van der Waals surface area contributed by atoms with Crippen LogP contribution in [0.4, 0.5) is 0 Å². The maximum absolute atomic E-state index is 14.0. The molecule has 182 valence electrons. The molecule has 2 saturated heterocycles. The van der Waals surface area contributed by atoms with E-state index in [-0.39, 0.29) is 18.4 Å². The van der Waals surface area contributed by atoms with Crippen LogP contribution in [-0.4, -0.2) is 82.3 Å². The quantitative estimate of drug-likeness (QED) is 0.382. The van der Waals surface area contributed by atoms with E-state index in [1.54, 1.807) is 9.80 Å². The van der Waals surface area contributed by atoms with Gasteiger partial charge in [-0.3, -0.25) is 14.4 Å². The number of amides is 2. The number of carbonyl (C=O) groups excluding carboxylic acids is 3. The van der Waals surface area contributed by atoms with Gasteiger partial charge in [0.2, 0.25) is 11.8 Å². The highest BCUT2D eigenvalue weighted by Gasteiger charge is 2.71. The number of esters is 1. The van der Waals surface area contributed by atoms with Crippen LogP contribution >= 0.6 is 0 Å². The number of rotatable bonds is 5. The monoisotopic (exact) mass is 460 g/mol. The number of fused-ring (bicyclic) bond motifs is 2. The SMILES string of the molecule is CC(C)(C)N1CC=C[C@]23O[C@@H]4/C=C\CCCOC(=O)[C@@H]4[C@H]2C(=O)N(CCCCCO)C3C1=O. The van der Waals surface area contributed by atoms with E-state index in [9.17, 15) is 14.4 Å². The fraction of sp³-hybridized carbons (Fsp3) is 0.720. The number of ether oxygens (including phenoxy) is 2. The molecule has 8 heteroatoms. The molecule has 0 radical (unpaired) electrons. The minimum atomic E-state index is -1.21. The van der Waals surface area contributed by atoms with Crippen molar-refractivity contribution in [1.82, 2.24) is 9.80 Å². The molecule has 1 unspecified atom stereocenters. The van der Waals surface area contributed by atoms with Gasteiger partial charge in [0.05, 0.1) is 18.6 Å². The number of carbonyl (C=O) groups is 3. The topological polar surface area (TPSA) is 96.4 Å². The second-order valence-electron chi connectivity index (χ2n) is 10.4. The Morgan fingerprint density at radius 1 is 1.12 bits per heavy atom. The Bertz CT molecular complexity index is 846. The smallest absolute Gasteiger partial charge is 0.312 e. The molecule has 4 heterocycles. The summed E-state index contributed by atoms with van der Waals surface area (Å²) < 4.78 is 12.1. The molecule has 0 aromatic rings. The van der Waals surface area contributed by atoms with Gasteiger partial charge in [0.15, 0.2) is 0 Å². The van der Waals surface area contributed by atoms with E-state index in [0.29, 0.717) is 32.5 Å². The van der Waals surface area contributed by atoms with Crippen LogP contribution in [0.1, 0.15) is 52.9 Å². The summed E-state index contributed by atoms with van der Waals surface area (Å²) in [6.45, 7) is 7.12. The van der Waals surface area contributed by atoms with Crippen molar-refractivity contribution in [2.45, 2.75) is 76.2 Å². The predicted octanol–water partition coefficient (Wildman–Crippen LogP) is 1.82. The van der Waals surface area contributed by atoms with Crippen molar-refractivity contribution in [3.63, 3.8) is 0 Å². The van der Waals surface area contributed by atoms with E-state index in [1.165, 1.54) is 0 Å². The second-order valence-corrected chi connectivity index (χ2v) is 10.4. The maximum Gasteiger partial charge on any atom is 0.312 e. The molecule has 0 aliphatic carbocycles. The average molecular weight is 461 g/mol. The Hall–Kier alpha value is -2.19. The van der Waals surface area contributed by atoms with Gasteiger partial charge < -0.3 is 24.4 Å². The van der Waals surface area contributed by atoms with Crippen molar-refractivity contribution >= 4 is 17.8 Å². The zero-order chi connectivity index (χ0) is 23.8. The highest BCUT2D eigenvalue weighted by atomic mass is 16.6. The van der Waals surface area contributed by atoms with Gasteiger partial charge in [-0.05, 0) is 52.9 Å². The van der Waals surface area contributed by atoms with Crippen LogP contribution in [0.15, 0.2) is 24.3 Å². The summed E-state index contributed by atoms with van der Waals surface area (Å²) in [5.74, 6) is -2.40.